The number of aliphatic carboxylic acids is 1. The molecule has 20 heavy (non-hydrogen) atoms. The Balaban J connectivity index is 2.11. The van der Waals surface area contributed by atoms with E-state index in [1.54, 1.807) is 0 Å². The monoisotopic (exact) mass is 289 g/mol. The molecule has 0 aromatic carbocycles. The molecular formula is C11H10F3N3O3. The number of hydrogen-bond acceptors (Lipinski definition) is 4. The third-order valence-corrected chi connectivity index (χ3v) is 2.89. The average molecular weight is 289 g/mol. The molecule has 1 atom stereocenters. The van der Waals surface area contributed by atoms with Gasteiger partial charge in [-0.25, -0.2) is 9.97 Å². The highest BCUT2D eigenvalue weighted by molar-refractivity contribution is 5.85. The second-order valence-corrected chi connectivity index (χ2v) is 4.37. The minimum Gasteiger partial charge on any atom is -0.481 e. The Morgan fingerprint density at radius 2 is 2.20 bits per heavy atom. The molecule has 2 heterocycles. The molecule has 0 aliphatic carbocycles. The van der Waals surface area contributed by atoms with Crippen molar-refractivity contribution in [3.63, 3.8) is 0 Å². The zero-order valence-corrected chi connectivity index (χ0v) is 10.1. The van der Waals surface area contributed by atoms with Crippen molar-refractivity contribution in [3.05, 3.63) is 23.8 Å². The highest BCUT2D eigenvalue weighted by atomic mass is 19.4. The molecule has 0 radical (unpaired) electrons. The zero-order chi connectivity index (χ0) is 14.9. The maximum Gasteiger partial charge on any atom is 0.433 e. The van der Waals surface area contributed by atoms with Crippen LogP contribution in [0.5, 0.6) is 0 Å². The third-order valence-electron chi connectivity index (χ3n) is 2.89. The number of carbonyl (C=O) groups is 2. The van der Waals surface area contributed by atoms with E-state index in [1.807, 2.05) is 0 Å². The number of nitrogens with zero attached hydrogens (tertiary/aromatic N) is 3. The van der Waals surface area contributed by atoms with Crippen molar-refractivity contribution in [2.75, 3.05) is 6.54 Å². The Hall–Kier alpha value is -2.19. The molecular weight excluding hydrogens is 279 g/mol. The molecule has 6 nitrogen and oxygen atoms in total. The van der Waals surface area contributed by atoms with Gasteiger partial charge in [0.25, 0.3) is 0 Å². The number of alkyl halides is 3. The van der Waals surface area contributed by atoms with E-state index in [-0.39, 0.29) is 25.3 Å². The van der Waals surface area contributed by atoms with Crippen molar-refractivity contribution in [1.29, 1.82) is 0 Å². The third kappa shape index (κ3) is 3.03. The lowest BCUT2D eigenvalue weighted by atomic mass is 10.1. The number of carbonyl (C=O) groups excluding carboxylic acids is 1. The molecule has 1 saturated heterocycles. The van der Waals surface area contributed by atoms with Crippen molar-refractivity contribution < 1.29 is 27.9 Å². The van der Waals surface area contributed by atoms with Gasteiger partial charge in [0.2, 0.25) is 5.91 Å². The lowest BCUT2D eigenvalue weighted by Crippen LogP contribution is -2.27. The first-order chi connectivity index (χ1) is 9.27. The fourth-order valence-corrected chi connectivity index (χ4v) is 1.89. The summed E-state index contributed by atoms with van der Waals surface area (Å²) < 4.78 is 37.4. The van der Waals surface area contributed by atoms with Crippen LogP contribution < -0.4 is 0 Å². The summed E-state index contributed by atoms with van der Waals surface area (Å²) in [6.07, 6.45) is -3.79. The summed E-state index contributed by atoms with van der Waals surface area (Å²) in [5.74, 6) is -2.54. The van der Waals surface area contributed by atoms with E-state index in [0.717, 1.165) is 17.2 Å². The number of amides is 1. The highest BCUT2D eigenvalue weighted by Gasteiger charge is 2.36. The van der Waals surface area contributed by atoms with E-state index >= 15 is 0 Å². The van der Waals surface area contributed by atoms with Crippen molar-refractivity contribution in [2.45, 2.75) is 19.1 Å². The van der Waals surface area contributed by atoms with Gasteiger partial charge < -0.3 is 10.0 Å². The number of aromatic nitrogens is 2. The van der Waals surface area contributed by atoms with Crippen LogP contribution in [-0.2, 0) is 22.3 Å². The Morgan fingerprint density at radius 3 is 2.75 bits per heavy atom. The molecule has 1 aliphatic rings. The van der Waals surface area contributed by atoms with Crippen LogP contribution in [0.4, 0.5) is 13.2 Å². The van der Waals surface area contributed by atoms with E-state index in [0.29, 0.717) is 0 Å². The van der Waals surface area contributed by atoms with Gasteiger partial charge >= 0.3 is 12.1 Å². The van der Waals surface area contributed by atoms with Crippen molar-refractivity contribution in [1.82, 2.24) is 14.9 Å². The smallest absolute Gasteiger partial charge is 0.433 e. The first-order valence-corrected chi connectivity index (χ1v) is 5.67. The van der Waals surface area contributed by atoms with Gasteiger partial charge in [0, 0.05) is 19.2 Å². The van der Waals surface area contributed by atoms with Crippen molar-refractivity contribution in [2.24, 2.45) is 5.92 Å². The number of rotatable bonds is 3. The molecule has 1 N–H and O–H groups in total. The molecule has 1 aromatic heterocycles. The Labute approximate surface area is 111 Å². The lowest BCUT2D eigenvalue weighted by Gasteiger charge is -2.15. The quantitative estimate of drug-likeness (QED) is 0.895. The van der Waals surface area contributed by atoms with E-state index in [4.69, 9.17) is 5.11 Å². The van der Waals surface area contributed by atoms with Gasteiger partial charge in [-0.05, 0) is 6.07 Å². The summed E-state index contributed by atoms with van der Waals surface area (Å²) in [6, 6.07) is 0.732. The molecule has 1 aromatic rings. The van der Waals surface area contributed by atoms with Crippen molar-refractivity contribution >= 4 is 11.9 Å². The van der Waals surface area contributed by atoms with Crippen LogP contribution in [0.25, 0.3) is 0 Å². The second-order valence-electron chi connectivity index (χ2n) is 4.37. The molecule has 2 rings (SSSR count). The van der Waals surface area contributed by atoms with Crippen LogP contribution in [0.2, 0.25) is 0 Å². The maximum absolute atomic E-state index is 12.5. The largest absolute Gasteiger partial charge is 0.481 e. The van der Waals surface area contributed by atoms with E-state index in [9.17, 15) is 22.8 Å². The molecule has 1 fully saturated rings. The summed E-state index contributed by atoms with van der Waals surface area (Å²) in [6.45, 7) is -0.277. The highest BCUT2D eigenvalue weighted by Crippen LogP contribution is 2.27. The standard InChI is InChI=1S/C11H10F3N3O3/c12-11(13,14)7-1-2-15-8(16-7)5-17-4-6(10(19)20)3-9(17)18/h1-2,6H,3-5H2,(H,19,20). The first kappa shape index (κ1) is 14.2. The lowest BCUT2D eigenvalue weighted by molar-refractivity contribution is -0.142. The molecule has 0 saturated carbocycles. The van der Waals surface area contributed by atoms with Gasteiger partial charge in [-0.15, -0.1) is 0 Å². The Morgan fingerprint density at radius 1 is 1.50 bits per heavy atom. The molecule has 0 bridgehead atoms. The van der Waals surface area contributed by atoms with E-state index in [1.165, 1.54) is 0 Å². The molecule has 108 valence electrons. The molecule has 1 aliphatic heterocycles. The summed E-state index contributed by atoms with van der Waals surface area (Å²) in [7, 11) is 0. The summed E-state index contributed by atoms with van der Waals surface area (Å²) in [5.41, 5.74) is -1.09. The molecule has 1 amide bonds. The summed E-state index contributed by atoms with van der Waals surface area (Å²) in [4.78, 5) is 30.5. The van der Waals surface area contributed by atoms with Gasteiger partial charge in [0.1, 0.15) is 11.5 Å². The first-order valence-electron chi connectivity index (χ1n) is 5.67. The normalized spacial score (nSPS) is 19.4. The van der Waals surface area contributed by atoms with Crippen LogP contribution in [-0.4, -0.2) is 38.4 Å². The van der Waals surface area contributed by atoms with Crippen molar-refractivity contribution in [3.8, 4) is 0 Å². The fraction of sp³-hybridized carbons (Fsp3) is 0.455. The molecule has 1 unspecified atom stereocenters. The van der Waals surface area contributed by atoms with Gasteiger partial charge in [-0.3, -0.25) is 9.59 Å². The number of halogens is 3. The summed E-state index contributed by atoms with van der Waals surface area (Å²) in [5, 5.41) is 8.81. The predicted molar refractivity (Wildman–Crippen MR) is 58.2 cm³/mol. The molecule has 9 heteroatoms. The fourth-order valence-electron chi connectivity index (χ4n) is 1.89. The van der Waals surface area contributed by atoms with Gasteiger partial charge in [-0.1, -0.05) is 0 Å². The predicted octanol–water partition coefficient (Wildman–Crippen LogP) is 0.929. The average Bonchev–Trinajstić information content (AvgIpc) is 2.70. The number of carboxylic acids is 1. The van der Waals surface area contributed by atoms with Crippen LogP contribution in [0.1, 0.15) is 17.9 Å². The number of hydrogen-bond donors (Lipinski definition) is 1. The van der Waals surface area contributed by atoms with Gasteiger partial charge in [-0.2, -0.15) is 13.2 Å². The molecule has 0 spiro atoms. The van der Waals surface area contributed by atoms with Crippen LogP contribution in [0.15, 0.2) is 12.3 Å². The second kappa shape index (κ2) is 5.06. The minimum absolute atomic E-state index is 0.0478. The number of likely N-dealkylation sites (tertiary alicyclic amines) is 1. The SMILES string of the molecule is O=C(O)C1CC(=O)N(Cc2nccc(C(F)(F)F)n2)C1. The van der Waals surface area contributed by atoms with Gasteiger partial charge in [0.15, 0.2) is 0 Å². The zero-order valence-electron chi connectivity index (χ0n) is 10.1. The van der Waals surface area contributed by atoms with E-state index in [2.05, 4.69) is 9.97 Å². The summed E-state index contributed by atoms with van der Waals surface area (Å²) >= 11 is 0. The minimum atomic E-state index is -4.59. The van der Waals surface area contributed by atoms with Crippen LogP contribution >= 0.6 is 0 Å². The Bertz CT molecular complexity index is 547. The maximum atomic E-state index is 12.5. The van der Waals surface area contributed by atoms with Crippen LogP contribution in [0, 0.1) is 5.92 Å². The topological polar surface area (TPSA) is 83.4 Å². The Kier molecular flexibility index (Phi) is 3.60. The van der Waals surface area contributed by atoms with E-state index < -0.39 is 29.7 Å². The van der Waals surface area contributed by atoms with Gasteiger partial charge in [0.05, 0.1) is 12.5 Å². The van der Waals surface area contributed by atoms with Crippen LogP contribution in [0.3, 0.4) is 0 Å². The number of carboxylic acid groups (broad SMARTS) is 1.